The van der Waals surface area contributed by atoms with Gasteiger partial charge in [0.05, 0.1) is 12.1 Å². The van der Waals surface area contributed by atoms with E-state index in [1.165, 1.54) is 25.7 Å². The highest BCUT2D eigenvalue weighted by atomic mass is 32.2. The minimum Gasteiger partial charge on any atom is -0.492 e. The average Bonchev–Trinajstić information content (AvgIpc) is 3.43. The number of fused-ring (bicyclic) bond motifs is 1. The summed E-state index contributed by atoms with van der Waals surface area (Å²) in [5, 5.41) is 16.6. The number of ether oxygens (including phenoxy) is 2. The zero-order chi connectivity index (χ0) is 28.8. The fourth-order valence-electron chi connectivity index (χ4n) is 4.98. The molecule has 225 valence electrons. The number of benzene rings is 1. The number of nitrogens with one attached hydrogen (secondary N) is 5. The maximum atomic E-state index is 12.4. The van der Waals surface area contributed by atoms with Crippen LogP contribution in [0.2, 0.25) is 0 Å². The smallest absolute Gasteiger partial charge is 0.407 e. The van der Waals surface area contributed by atoms with Gasteiger partial charge in [-0.05, 0) is 84.2 Å². The van der Waals surface area contributed by atoms with Crippen molar-refractivity contribution in [3.63, 3.8) is 0 Å². The molecule has 0 aliphatic carbocycles. The van der Waals surface area contributed by atoms with Gasteiger partial charge in [-0.15, -0.1) is 0 Å². The van der Waals surface area contributed by atoms with Crippen molar-refractivity contribution in [1.82, 2.24) is 26.6 Å². The highest BCUT2D eigenvalue weighted by molar-refractivity contribution is 8.00. The predicted molar refractivity (Wildman–Crippen MR) is 163 cm³/mol. The van der Waals surface area contributed by atoms with E-state index in [-0.39, 0.29) is 18.2 Å². The SMILES string of the molecule is [CH2]c1ccc(OCCNC[C@@H](CCCCNCCCCC[C@@H]2SC[C@@H]3NC(=O)N[C@@H]32)NC(=O)OC(C)(C)C)cc1. The number of rotatable bonds is 18. The van der Waals surface area contributed by atoms with Gasteiger partial charge >= 0.3 is 12.1 Å². The molecule has 1 aromatic rings. The molecule has 3 amide bonds. The Morgan fingerprint density at radius 3 is 2.55 bits per heavy atom. The Hall–Kier alpha value is -2.17. The van der Waals surface area contributed by atoms with Gasteiger partial charge in [0.15, 0.2) is 0 Å². The maximum absolute atomic E-state index is 12.4. The van der Waals surface area contributed by atoms with E-state index in [1.54, 1.807) is 0 Å². The van der Waals surface area contributed by atoms with Gasteiger partial charge in [-0.3, -0.25) is 0 Å². The first-order valence-electron chi connectivity index (χ1n) is 14.8. The van der Waals surface area contributed by atoms with Gasteiger partial charge in [0.1, 0.15) is 18.0 Å². The van der Waals surface area contributed by atoms with Crippen LogP contribution in [0.5, 0.6) is 5.75 Å². The van der Waals surface area contributed by atoms with Crippen LogP contribution in [0.15, 0.2) is 24.3 Å². The van der Waals surface area contributed by atoms with E-state index >= 15 is 0 Å². The van der Waals surface area contributed by atoms with Gasteiger partial charge in [0.25, 0.3) is 0 Å². The molecule has 5 N–H and O–H groups in total. The quantitative estimate of drug-likeness (QED) is 0.131. The molecule has 1 radical (unpaired) electrons. The highest BCUT2D eigenvalue weighted by Crippen LogP contribution is 2.33. The number of urea groups is 1. The summed E-state index contributed by atoms with van der Waals surface area (Å²) in [6, 6.07) is 8.31. The van der Waals surface area contributed by atoms with Crippen LogP contribution in [-0.2, 0) is 4.74 Å². The lowest BCUT2D eigenvalue weighted by Crippen LogP contribution is -2.45. The first kappa shape index (κ1) is 32.3. The topological polar surface area (TPSA) is 113 Å². The minimum atomic E-state index is -0.522. The van der Waals surface area contributed by atoms with Crippen molar-refractivity contribution in [2.75, 3.05) is 38.5 Å². The van der Waals surface area contributed by atoms with Crippen molar-refractivity contribution in [1.29, 1.82) is 0 Å². The van der Waals surface area contributed by atoms with E-state index in [2.05, 4.69) is 33.5 Å². The molecule has 2 aliphatic rings. The molecule has 2 aliphatic heterocycles. The van der Waals surface area contributed by atoms with Gasteiger partial charge < -0.3 is 36.1 Å². The normalized spacial score (nSPS) is 20.9. The van der Waals surface area contributed by atoms with Crippen LogP contribution in [0.1, 0.15) is 71.3 Å². The summed E-state index contributed by atoms with van der Waals surface area (Å²) in [6.07, 6.45) is 7.34. The molecule has 9 nitrogen and oxygen atoms in total. The fourth-order valence-corrected chi connectivity index (χ4v) is 6.53. The summed E-state index contributed by atoms with van der Waals surface area (Å²) in [4.78, 5) is 23.9. The van der Waals surface area contributed by atoms with Crippen molar-refractivity contribution in [2.45, 2.75) is 94.7 Å². The molecule has 1 aromatic carbocycles. The van der Waals surface area contributed by atoms with Crippen LogP contribution in [0.25, 0.3) is 0 Å². The molecule has 4 atom stereocenters. The van der Waals surface area contributed by atoms with Crippen molar-refractivity contribution in [3.8, 4) is 5.75 Å². The molecule has 2 saturated heterocycles. The van der Waals surface area contributed by atoms with E-state index in [0.29, 0.717) is 37.0 Å². The van der Waals surface area contributed by atoms with Crippen molar-refractivity contribution >= 4 is 23.9 Å². The molecular weight excluding hydrogens is 526 g/mol. The highest BCUT2D eigenvalue weighted by Gasteiger charge is 2.42. The third-order valence-electron chi connectivity index (χ3n) is 7.02. The monoisotopic (exact) mass is 576 g/mol. The molecule has 0 aromatic heterocycles. The number of hydrogen-bond donors (Lipinski definition) is 5. The number of thioether (sulfide) groups is 1. The largest absolute Gasteiger partial charge is 0.492 e. The molecule has 3 rings (SSSR count). The van der Waals surface area contributed by atoms with E-state index in [1.807, 2.05) is 56.8 Å². The number of unbranched alkanes of at least 4 members (excludes halogenated alkanes) is 3. The Balaban J connectivity index is 1.22. The van der Waals surface area contributed by atoms with Crippen molar-refractivity contribution in [2.24, 2.45) is 0 Å². The Labute approximate surface area is 245 Å². The molecule has 2 heterocycles. The second-order valence-electron chi connectivity index (χ2n) is 11.8. The lowest BCUT2D eigenvalue weighted by Gasteiger charge is -2.24. The Morgan fingerprint density at radius 2 is 1.80 bits per heavy atom. The number of alkyl carbamates (subject to hydrolysis) is 1. The first-order valence-corrected chi connectivity index (χ1v) is 15.9. The first-order chi connectivity index (χ1) is 19.2. The molecule has 0 bridgehead atoms. The molecule has 0 unspecified atom stereocenters. The van der Waals surface area contributed by atoms with Crippen LogP contribution in [0.3, 0.4) is 0 Å². The standard InChI is InChI=1S/C30H50N5O4S/c1-22-12-14-24(15-13-22)38-19-18-32-20-23(33-29(37)39-30(2,3)4)10-7-9-17-31-16-8-5-6-11-26-27-25(21-40-26)34-28(36)35-27/h12-15,23,25-27,31-32H,1,5-11,16-21H2,2-4H3,(H,33,37)(H2,34,35,36)/t23-,25+,26+,27+/m1/s1. The number of carbonyl (C=O) groups is 2. The van der Waals surface area contributed by atoms with Crippen LogP contribution in [0, 0.1) is 6.92 Å². The zero-order valence-corrected chi connectivity index (χ0v) is 25.4. The van der Waals surface area contributed by atoms with E-state index in [0.717, 1.165) is 49.4 Å². The Kier molecular flexibility index (Phi) is 13.7. The summed E-state index contributed by atoms with van der Waals surface area (Å²) in [6.45, 7) is 13.4. The molecule has 2 fully saturated rings. The Morgan fingerprint density at radius 1 is 1.05 bits per heavy atom. The van der Waals surface area contributed by atoms with Gasteiger partial charge in [-0.2, -0.15) is 11.8 Å². The van der Waals surface area contributed by atoms with Crippen molar-refractivity contribution in [3.05, 3.63) is 36.8 Å². The van der Waals surface area contributed by atoms with Crippen LogP contribution in [-0.4, -0.2) is 79.6 Å². The van der Waals surface area contributed by atoms with Crippen LogP contribution in [0.4, 0.5) is 9.59 Å². The average molecular weight is 577 g/mol. The minimum absolute atomic E-state index is 0.00513. The van der Waals surface area contributed by atoms with Gasteiger partial charge in [0, 0.05) is 30.1 Å². The van der Waals surface area contributed by atoms with Gasteiger partial charge in [0.2, 0.25) is 0 Å². The summed E-state index contributed by atoms with van der Waals surface area (Å²) in [7, 11) is 0. The summed E-state index contributed by atoms with van der Waals surface area (Å²) >= 11 is 1.99. The van der Waals surface area contributed by atoms with Crippen LogP contribution < -0.4 is 31.3 Å². The molecular formula is C30H50N5O4S. The second-order valence-corrected chi connectivity index (χ2v) is 13.0. The molecule has 40 heavy (non-hydrogen) atoms. The summed E-state index contributed by atoms with van der Waals surface area (Å²) in [5.74, 6) is 1.85. The van der Waals surface area contributed by atoms with Gasteiger partial charge in [-0.1, -0.05) is 31.4 Å². The number of hydrogen-bond acceptors (Lipinski definition) is 7. The third-order valence-corrected chi connectivity index (χ3v) is 8.53. The number of carbonyl (C=O) groups excluding carboxylic acids is 2. The predicted octanol–water partition coefficient (Wildman–Crippen LogP) is 4.22. The fraction of sp³-hybridized carbons (Fsp3) is 0.700. The second kappa shape index (κ2) is 16.9. The summed E-state index contributed by atoms with van der Waals surface area (Å²) < 4.78 is 11.2. The molecule has 0 spiro atoms. The maximum Gasteiger partial charge on any atom is 0.407 e. The zero-order valence-electron chi connectivity index (χ0n) is 24.6. The molecule has 10 heteroatoms. The van der Waals surface area contributed by atoms with E-state index < -0.39 is 5.60 Å². The van der Waals surface area contributed by atoms with Gasteiger partial charge in [-0.25, -0.2) is 9.59 Å². The lowest BCUT2D eigenvalue weighted by molar-refractivity contribution is 0.0500. The lowest BCUT2D eigenvalue weighted by atomic mass is 10.0. The van der Waals surface area contributed by atoms with E-state index in [4.69, 9.17) is 9.47 Å². The Bertz CT molecular complexity index is 895. The third kappa shape index (κ3) is 12.6. The summed E-state index contributed by atoms with van der Waals surface area (Å²) in [5.41, 5.74) is 0.439. The van der Waals surface area contributed by atoms with Crippen LogP contribution >= 0.6 is 11.8 Å². The van der Waals surface area contributed by atoms with E-state index in [9.17, 15) is 9.59 Å². The number of amides is 3. The van der Waals surface area contributed by atoms with Crippen molar-refractivity contribution < 1.29 is 19.1 Å². The molecule has 0 saturated carbocycles.